The van der Waals surface area contributed by atoms with Gasteiger partial charge in [0.05, 0.1) is 5.92 Å². The molecule has 0 aromatic heterocycles. The van der Waals surface area contributed by atoms with Crippen LogP contribution in [0.1, 0.15) is 53.4 Å². The standard InChI is InChI=1S/C19H25NO4.CH3NO2/c1-11(2)9-14-15(19(14,3)4)18(23)24-10-20-16(21)12-7-5-6-8-13(12)17(20)22;2-1(3)4/h9,14-15H,5-8,10H2,1-4H3;2H2,(H,3,4). The first kappa shape index (κ1) is 21.7. The first-order valence-electron chi connectivity index (χ1n) is 9.36. The van der Waals surface area contributed by atoms with Gasteiger partial charge in [-0.1, -0.05) is 25.5 Å². The minimum atomic E-state index is -1.33. The Morgan fingerprint density at radius 3 is 2.07 bits per heavy atom. The summed E-state index contributed by atoms with van der Waals surface area (Å²) in [6.45, 7) is 7.83. The maximum atomic E-state index is 12.4. The molecule has 28 heavy (non-hydrogen) atoms. The number of carboxylic acid groups (broad SMARTS) is 1. The highest BCUT2D eigenvalue weighted by Gasteiger charge is 2.61. The molecule has 1 fully saturated rings. The number of rotatable bonds is 4. The zero-order chi connectivity index (χ0) is 21.2. The second-order valence-corrected chi connectivity index (χ2v) is 8.20. The van der Waals surface area contributed by atoms with E-state index in [0.29, 0.717) is 24.0 Å². The van der Waals surface area contributed by atoms with E-state index in [9.17, 15) is 14.4 Å². The van der Waals surface area contributed by atoms with E-state index in [1.807, 2.05) is 27.7 Å². The number of carbonyl (C=O) groups is 4. The Morgan fingerprint density at radius 1 is 1.18 bits per heavy atom. The molecule has 8 heteroatoms. The number of ether oxygens (including phenoxy) is 1. The Hall–Kier alpha value is -2.64. The van der Waals surface area contributed by atoms with Crippen LogP contribution in [0.25, 0.3) is 0 Å². The average molecular weight is 392 g/mol. The van der Waals surface area contributed by atoms with Crippen molar-refractivity contribution in [2.45, 2.75) is 53.4 Å². The quantitative estimate of drug-likeness (QED) is 0.430. The highest BCUT2D eigenvalue weighted by molar-refractivity contribution is 6.19. The highest BCUT2D eigenvalue weighted by atomic mass is 16.5. The Balaban J connectivity index is 0.000000640. The molecule has 8 nitrogen and oxygen atoms in total. The van der Waals surface area contributed by atoms with Crippen LogP contribution in [0.5, 0.6) is 0 Å². The van der Waals surface area contributed by atoms with E-state index >= 15 is 0 Å². The first-order chi connectivity index (χ1) is 13.0. The highest BCUT2D eigenvalue weighted by Crippen LogP contribution is 2.59. The van der Waals surface area contributed by atoms with E-state index in [1.165, 1.54) is 5.57 Å². The summed E-state index contributed by atoms with van der Waals surface area (Å²) >= 11 is 0. The van der Waals surface area contributed by atoms with Crippen molar-refractivity contribution in [3.8, 4) is 0 Å². The van der Waals surface area contributed by atoms with E-state index in [2.05, 4.69) is 11.8 Å². The van der Waals surface area contributed by atoms with Gasteiger partial charge in [-0.25, -0.2) is 9.69 Å². The molecular formula is C20H28N2O6. The van der Waals surface area contributed by atoms with Crippen LogP contribution in [0.15, 0.2) is 22.8 Å². The molecule has 0 radical (unpaired) electrons. The summed E-state index contributed by atoms with van der Waals surface area (Å²) in [6.07, 6.45) is 3.95. The molecule has 0 spiro atoms. The van der Waals surface area contributed by atoms with Crippen LogP contribution in [0.2, 0.25) is 0 Å². The lowest BCUT2D eigenvalue weighted by atomic mass is 9.93. The Kier molecular flexibility index (Phi) is 6.31. The smallest absolute Gasteiger partial charge is 0.402 e. The molecule has 0 saturated heterocycles. The monoisotopic (exact) mass is 392 g/mol. The van der Waals surface area contributed by atoms with Crippen molar-refractivity contribution in [2.24, 2.45) is 23.0 Å². The molecule has 3 N–H and O–H groups in total. The summed E-state index contributed by atoms with van der Waals surface area (Å²) in [4.78, 5) is 46.9. The van der Waals surface area contributed by atoms with Crippen LogP contribution < -0.4 is 5.73 Å². The molecule has 0 aromatic carbocycles. The molecule has 2 unspecified atom stereocenters. The average Bonchev–Trinajstić information content (AvgIpc) is 3.02. The molecule has 0 bridgehead atoms. The van der Waals surface area contributed by atoms with Crippen molar-refractivity contribution in [1.29, 1.82) is 0 Å². The van der Waals surface area contributed by atoms with Crippen LogP contribution in [-0.2, 0) is 19.1 Å². The lowest BCUT2D eigenvalue weighted by molar-refractivity contribution is -0.156. The predicted octanol–water partition coefficient (Wildman–Crippen LogP) is 2.59. The van der Waals surface area contributed by atoms with Crippen LogP contribution in [0.4, 0.5) is 4.79 Å². The van der Waals surface area contributed by atoms with Crippen molar-refractivity contribution in [3.05, 3.63) is 22.8 Å². The molecule has 3 amide bonds. The molecule has 154 valence electrons. The number of allylic oxidation sites excluding steroid dienone is 2. The zero-order valence-electron chi connectivity index (χ0n) is 16.8. The number of amides is 3. The van der Waals surface area contributed by atoms with Gasteiger partial charge in [0.15, 0.2) is 6.73 Å². The summed E-state index contributed by atoms with van der Waals surface area (Å²) in [5, 5.41) is 7.19. The number of nitrogens with two attached hydrogens (primary N) is 1. The number of carbonyl (C=O) groups excluding carboxylic acids is 3. The number of hydrogen-bond acceptors (Lipinski definition) is 5. The minimum Gasteiger partial charge on any atom is -0.465 e. The SMILES string of the molecule is CC(C)=CC1C(C(=O)OCN2C(=O)C3=C(CCCC3)C2=O)C1(C)C.NC(=O)O. The number of nitrogens with zero attached hydrogens (tertiary/aromatic N) is 1. The maximum Gasteiger partial charge on any atom is 0.402 e. The lowest BCUT2D eigenvalue weighted by Gasteiger charge is -2.15. The third-order valence-electron chi connectivity index (χ3n) is 5.49. The number of esters is 1. The van der Waals surface area contributed by atoms with Gasteiger partial charge in [0.1, 0.15) is 0 Å². The summed E-state index contributed by atoms with van der Waals surface area (Å²) in [7, 11) is 0. The van der Waals surface area contributed by atoms with Gasteiger partial charge < -0.3 is 15.6 Å². The first-order valence-corrected chi connectivity index (χ1v) is 9.36. The maximum absolute atomic E-state index is 12.4. The van der Waals surface area contributed by atoms with Gasteiger partial charge in [-0.15, -0.1) is 0 Å². The van der Waals surface area contributed by atoms with Gasteiger partial charge in [0, 0.05) is 11.1 Å². The van der Waals surface area contributed by atoms with Crippen LogP contribution in [-0.4, -0.2) is 40.6 Å². The van der Waals surface area contributed by atoms with E-state index < -0.39 is 6.09 Å². The molecule has 3 rings (SSSR count). The molecule has 2 atom stereocenters. The van der Waals surface area contributed by atoms with Gasteiger partial charge >= 0.3 is 12.1 Å². The molecule has 0 aromatic rings. The van der Waals surface area contributed by atoms with Gasteiger partial charge in [-0.05, 0) is 50.9 Å². The molecule has 2 aliphatic carbocycles. The van der Waals surface area contributed by atoms with Crippen molar-refractivity contribution in [2.75, 3.05) is 6.73 Å². The number of hydrogen-bond donors (Lipinski definition) is 2. The third kappa shape index (κ3) is 4.43. The zero-order valence-corrected chi connectivity index (χ0v) is 16.8. The van der Waals surface area contributed by atoms with Crippen molar-refractivity contribution in [3.63, 3.8) is 0 Å². The molecular weight excluding hydrogens is 364 g/mol. The van der Waals surface area contributed by atoms with Crippen molar-refractivity contribution >= 4 is 23.9 Å². The Labute approximate surface area is 164 Å². The van der Waals surface area contributed by atoms with Crippen molar-refractivity contribution < 1.29 is 29.0 Å². The van der Waals surface area contributed by atoms with E-state index in [4.69, 9.17) is 14.6 Å². The van der Waals surface area contributed by atoms with Gasteiger partial charge in [-0.2, -0.15) is 0 Å². The van der Waals surface area contributed by atoms with Crippen molar-refractivity contribution in [1.82, 2.24) is 4.90 Å². The van der Waals surface area contributed by atoms with Gasteiger partial charge in [-0.3, -0.25) is 14.4 Å². The van der Waals surface area contributed by atoms with E-state index in [-0.39, 0.29) is 41.8 Å². The summed E-state index contributed by atoms with van der Waals surface area (Å²) in [5.74, 6) is -0.932. The summed E-state index contributed by atoms with van der Waals surface area (Å²) in [5.41, 5.74) is 6.31. The largest absolute Gasteiger partial charge is 0.465 e. The topological polar surface area (TPSA) is 127 Å². The molecule has 1 saturated carbocycles. The van der Waals surface area contributed by atoms with E-state index in [0.717, 1.165) is 17.7 Å². The lowest BCUT2D eigenvalue weighted by Crippen LogP contribution is -2.35. The summed E-state index contributed by atoms with van der Waals surface area (Å²) < 4.78 is 5.33. The fourth-order valence-corrected chi connectivity index (χ4v) is 3.93. The fourth-order valence-electron chi connectivity index (χ4n) is 3.93. The van der Waals surface area contributed by atoms with Crippen LogP contribution >= 0.6 is 0 Å². The number of primary amides is 1. The predicted molar refractivity (Wildman–Crippen MR) is 101 cm³/mol. The Morgan fingerprint density at radius 2 is 1.64 bits per heavy atom. The van der Waals surface area contributed by atoms with Gasteiger partial charge in [0.2, 0.25) is 0 Å². The van der Waals surface area contributed by atoms with Crippen LogP contribution in [0.3, 0.4) is 0 Å². The van der Waals surface area contributed by atoms with Gasteiger partial charge in [0.25, 0.3) is 11.8 Å². The van der Waals surface area contributed by atoms with E-state index in [1.54, 1.807) is 0 Å². The molecule has 1 heterocycles. The second kappa shape index (κ2) is 8.16. The van der Waals surface area contributed by atoms with Crippen LogP contribution in [0, 0.1) is 17.3 Å². The Bertz CT molecular complexity index is 729. The molecule has 1 aliphatic heterocycles. The second-order valence-electron chi connectivity index (χ2n) is 8.20. The molecule has 3 aliphatic rings. The third-order valence-corrected chi connectivity index (χ3v) is 5.49. The minimum absolute atomic E-state index is 0.134. The number of imide groups is 1. The fraction of sp³-hybridized carbons (Fsp3) is 0.600. The normalized spacial score (nSPS) is 24.8. The summed E-state index contributed by atoms with van der Waals surface area (Å²) in [6, 6.07) is 0.